The van der Waals surface area contributed by atoms with E-state index in [1.807, 2.05) is 0 Å². The van der Waals surface area contributed by atoms with E-state index in [9.17, 15) is 35.8 Å². The molecule has 0 radical (unpaired) electrons. The predicted octanol–water partition coefficient (Wildman–Crippen LogP) is 2.75. The van der Waals surface area contributed by atoms with Crippen LogP contribution >= 0.6 is 0 Å². The minimum absolute atomic E-state index is 0.00108. The van der Waals surface area contributed by atoms with Crippen molar-refractivity contribution in [3.8, 4) is 5.75 Å². The first-order chi connectivity index (χ1) is 14.4. The van der Waals surface area contributed by atoms with E-state index >= 15 is 0 Å². The molecule has 4 bridgehead atoms. The van der Waals surface area contributed by atoms with E-state index in [0.29, 0.717) is 16.5 Å². The topological polar surface area (TPSA) is 173 Å². The maximum absolute atomic E-state index is 12.3. The van der Waals surface area contributed by atoms with Crippen LogP contribution in [-0.2, 0) is 25.2 Å². The molecule has 0 saturated carbocycles. The number of nitrogens with zero attached hydrogens (tertiary/aromatic N) is 1. The molecule has 0 fully saturated rings. The van der Waals surface area contributed by atoms with E-state index in [4.69, 9.17) is 0 Å². The zero-order valence-corrected chi connectivity index (χ0v) is 17.3. The highest BCUT2D eigenvalue weighted by Crippen LogP contribution is 2.47. The lowest BCUT2D eigenvalue weighted by molar-refractivity contribution is -0.115. The molecule has 162 valence electrons. The second-order valence-electron chi connectivity index (χ2n) is 6.68. The maximum atomic E-state index is 12.3. The quantitative estimate of drug-likeness (QED) is 0.283. The van der Waals surface area contributed by atoms with Gasteiger partial charge in [0.15, 0.2) is 0 Å². The molecule has 0 saturated heterocycles. The molecular formula is C18H15N3O8S2. The van der Waals surface area contributed by atoms with Gasteiger partial charge in [0, 0.05) is 23.4 Å². The van der Waals surface area contributed by atoms with Crippen molar-refractivity contribution in [2.45, 2.75) is 11.8 Å². The summed E-state index contributed by atoms with van der Waals surface area (Å²) in [6.07, 6.45) is 0. The molecule has 2 aliphatic heterocycles. The van der Waals surface area contributed by atoms with Gasteiger partial charge in [0.1, 0.15) is 10.6 Å². The highest BCUT2D eigenvalue weighted by Gasteiger charge is 2.33. The monoisotopic (exact) mass is 465 g/mol. The van der Waals surface area contributed by atoms with Gasteiger partial charge in [-0.3, -0.25) is 13.9 Å². The SMILES string of the molecule is CC(=O)N(c1ccc2c(S(=O)(=O)O)c1Nc1ccc(c3c(O)cccc13)N2)S(=O)(=O)O. The van der Waals surface area contributed by atoms with Gasteiger partial charge in [0.25, 0.3) is 10.1 Å². The summed E-state index contributed by atoms with van der Waals surface area (Å²) in [5, 5.41) is 16.7. The smallest absolute Gasteiger partial charge is 0.366 e. The zero-order chi connectivity index (χ0) is 22.7. The van der Waals surface area contributed by atoms with Crippen molar-refractivity contribution in [1.82, 2.24) is 0 Å². The van der Waals surface area contributed by atoms with Crippen molar-refractivity contribution in [1.29, 1.82) is 0 Å². The third-order valence-corrected chi connectivity index (χ3v) is 6.53. The predicted molar refractivity (Wildman–Crippen MR) is 113 cm³/mol. The van der Waals surface area contributed by atoms with Gasteiger partial charge in [0.05, 0.1) is 22.7 Å². The van der Waals surface area contributed by atoms with Gasteiger partial charge in [-0.25, -0.2) is 0 Å². The Morgan fingerprint density at radius 3 is 2.16 bits per heavy atom. The minimum Gasteiger partial charge on any atom is -0.507 e. The fourth-order valence-corrected chi connectivity index (χ4v) is 5.10. The fourth-order valence-electron chi connectivity index (χ4n) is 3.57. The van der Waals surface area contributed by atoms with Gasteiger partial charge in [-0.1, -0.05) is 12.1 Å². The van der Waals surface area contributed by atoms with Crippen molar-refractivity contribution in [2.75, 3.05) is 14.9 Å². The molecule has 0 aromatic heterocycles. The van der Waals surface area contributed by atoms with Crippen LogP contribution in [0.3, 0.4) is 0 Å². The summed E-state index contributed by atoms with van der Waals surface area (Å²) in [4.78, 5) is 11.3. The minimum atomic E-state index is -5.14. The van der Waals surface area contributed by atoms with Crippen LogP contribution in [0.4, 0.5) is 28.4 Å². The molecule has 5 N–H and O–H groups in total. The van der Waals surface area contributed by atoms with Crippen LogP contribution in [-0.4, -0.2) is 37.0 Å². The summed E-state index contributed by atoms with van der Waals surface area (Å²) in [5.74, 6) is -1.24. The number of fused-ring (bicyclic) bond motifs is 1. The lowest BCUT2D eigenvalue weighted by atomic mass is 10.1. The van der Waals surface area contributed by atoms with E-state index in [0.717, 1.165) is 19.1 Å². The van der Waals surface area contributed by atoms with Crippen molar-refractivity contribution >= 4 is 65.5 Å². The Morgan fingerprint density at radius 1 is 0.903 bits per heavy atom. The Labute approximate surface area is 176 Å². The molecule has 0 aliphatic carbocycles. The second kappa shape index (κ2) is 6.81. The molecule has 5 rings (SSSR count). The zero-order valence-electron chi connectivity index (χ0n) is 15.7. The van der Waals surface area contributed by atoms with Crippen LogP contribution in [0.1, 0.15) is 6.92 Å². The highest BCUT2D eigenvalue weighted by atomic mass is 32.2. The molecule has 2 aliphatic rings. The summed E-state index contributed by atoms with van der Waals surface area (Å²) in [6.45, 7) is 0.858. The number of anilines is 5. The van der Waals surface area contributed by atoms with Crippen LogP contribution in [0.5, 0.6) is 5.75 Å². The van der Waals surface area contributed by atoms with Crippen LogP contribution < -0.4 is 14.9 Å². The number of hydrogen-bond donors (Lipinski definition) is 5. The molecule has 0 spiro atoms. The van der Waals surface area contributed by atoms with Gasteiger partial charge in [-0.2, -0.15) is 21.1 Å². The molecule has 1 amide bonds. The normalized spacial score (nSPS) is 13.0. The number of phenolic OH excluding ortho intramolecular Hbond substituents is 1. The van der Waals surface area contributed by atoms with E-state index < -0.39 is 42.6 Å². The molecule has 3 aromatic rings. The Bertz CT molecular complexity index is 1480. The molecule has 31 heavy (non-hydrogen) atoms. The van der Waals surface area contributed by atoms with E-state index in [2.05, 4.69) is 10.6 Å². The van der Waals surface area contributed by atoms with Gasteiger partial charge < -0.3 is 15.7 Å². The summed E-state index contributed by atoms with van der Waals surface area (Å²) < 4.78 is 67.8. The molecule has 13 heteroatoms. The number of phenols is 1. The van der Waals surface area contributed by atoms with E-state index in [-0.39, 0.29) is 21.4 Å². The van der Waals surface area contributed by atoms with Gasteiger partial charge in [-0.05, 0) is 30.3 Å². The Kier molecular flexibility index (Phi) is 4.59. The Hall–Kier alpha value is -3.39. The van der Waals surface area contributed by atoms with Gasteiger partial charge in [-0.15, -0.1) is 0 Å². The van der Waals surface area contributed by atoms with Crippen molar-refractivity contribution in [3.63, 3.8) is 0 Å². The molecule has 0 unspecified atom stereocenters. The highest BCUT2D eigenvalue weighted by molar-refractivity contribution is 7.88. The number of aromatic hydroxyl groups is 1. The van der Waals surface area contributed by atoms with Crippen molar-refractivity contribution in [2.24, 2.45) is 0 Å². The van der Waals surface area contributed by atoms with Crippen LogP contribution in [0.2, 0.25) is 0 Å². The molecule has 2 heterocycles. The average molecular weight is 465 g/mol. The van der Waals surface area contributed by atoms with Crippen molar-refractivity contribution < 1.29 is 35.8 Å². The fraction of sp³-hybridized carbons (Fsp3) is 0.0556. The van der Waals surface area contributed by atoms with Crippen LogP contribution in [0.25, 0.3) is 10.8 Å². The summed E-state index contributed by atoms with van der Waals surface area (Å²) in [5.41, 5.74) is -0.629. The number of amides is 1. The van der Waals surface area contributed by atoms with E-state index in [1.165, 1.54) is 12.1 Å². The number of carbonyl (C=O) groups is 1. The van der Waals surface area contributed by atoms with Gasteiger partial charge >= 0.3 is 10.3 Å². The number of benzene rings is 3. The number of rotatable bonds is 3. The maximum Gasteiger partial charge on any atom is 0.366 e. The van der Waals surface area contributed by atoms with Crippen LogP contribution in [0, 0.1) is 0 Å². The molecule has 0 atom stereocenters. The Morgan fingerprint density at radius 2 is 1.55 bits per heavy atom. The lowest BCUT2D eigenvalue weighted by Crippen LogP contribution is -2.35. The third-order valence-electron chi connectivity index (χ3n) is 4.68. The average Bonchev–Trinajstić information content (AvgIpc) is 2.71. The summed E-state index contributed by atoms with van der Waals surface area (Å²) >= 11 is 0. The second-order valence-corrected chi connectivity index (χ2v) is 9.30. The molecule has 3 aromatic carbocycles. The Balaban J connectivity index is 2.16. The molecule has 11 nitrogen and oxygen atoms in total. The third kappa shape index (κ3) is 3.42. The van der Waals surface area contributed by atoms with Crippen molar-refractivity contribution in [3.05, 3.63) is 42.5 Å². The largest absolute Gasteiger partial charge is 0.507 e. The standard InChI is InChI=1S/C18H15N3O8S2/c1-9(22)21(31(27,28)29)14-8-7-13-18(30(24,25)26)17(14)20-11-5-6-12(19-13)16-10(11)3-2-4-15(16)23/h2-8,19-20,23H,1H3,(H,24,25,26)(H,27,28,29). The molecular weight excluding hydrogens is 450 g/mol. The van der Waals surface area contributed by atoms with E-state index in [1.54, 1.807) is 18.2 Å². The first kappa shape index (κ1) is 20.9. The summed E-state index contributed by atoms with van der Waals surface area (Å²) in [7, 11) is -10.1. The first-order valence-electron chi connectivity index (χ1n) is 8.61. The first-order valence-corrected chi connectivity index (χ1v) is 11.4. The number of carbonyl (C=O) groups excluding carboxylic acids is 1. The number of nitrogens with one attached hydrogen (secondary N) is 2. The number of hydrogen-bond acceptors (Lipinski definition) is 8. The van der Waals surface area contributed by atoms with Crippen LogP contribution in [0.15, 0.2) is 47.4 Å². The van der Waals surface area contributed by atoms with Gasteiger partial charge in [0.2, 0.25) is 5.91 Å². The lowest BCUT2D eigenvalue weighted by Gasteiger charge is -2.23. The summed E-state index contributed by atoms with van der Waals surface area (Å²) in [6, 6.07) is 9.87.